The molecule has 0 radical (unpaired) electrons. The van der Waals surface area contributed by atoms with Crippen LogP contribution in [0.5, 0.6) is 5.75 Å². The first-order valence-electron chi connectivity index (χ1n) is 3.90. The molecule has 6 heteroatoms. The Morgan fingerprint density at radius 3 is 2.33 bits per heavy atom. The number of halogens is 3. The van der Waals surface area contributed by atoms with Crippen molar-refractivity contribution in [2.24, 2.45) is 0 Å². The van der Waals surface area contributed by atoms with Crippen LogP contribution in [-0.4, -0.2) is 22.1 Å². The van der Waals surface area contributed by atoms with Crippen molar-refractivity contribution >= 4 is 5.97 Å². The van der Waals surface area contributed by atoms with E-state index in [2.05, 4.69) is 0 Å². The molecule has 0 spiro atoms. The first kappa shape index (κ1) is 11.4. The van der Waals surface area contributed by atoms with Crippen LogP contribution in [-0.2, 0) is 4.79 Å². The van der Waals surface area contributed by atoms with E-state index in [-0.39, 0.29) is 0 Å². The number of hydrogen-bond acceptors (Lipinski definition) is 2. The van der Waals surface area contributed by atoms with Gasteiger partial charge in [0.15, 0.2) is 0 Å². The van der Waals surface area contributed by atoms with Gasteiger partial charge in [-0.1, -0.05) is 18.2 Å². The molecule has 0 saturated carbocycles. The second-order valence-electron chi connectivity index (χ2n) is 2.85. The Morgan fingerprint density at radius 1 is 1.33 bits per heavy atom. The Bertz CT molecular complexity index is 379. The lowest BCUT2D eigenvalue weighted by Crippen LogP contribution is -2.33. The molecule has 1 unspecified atom stereocenters. The van der Waals surface area contributed by atoms with Gasteiger partial charge in [0.05, 0.1) is 0 Å². The number of alkyl halides is 3. The number of hydrogen-bond donors (Lipinski definition) is 2. The summed E-state index contributed by atoms with van der Waals surface area (Å²) in [5.41, 5.74) is -0.745. The van der Waals surface area contributed by atoms with Gasteiger partial charge in [-0.25, -0.2) is 9.18 Å². The van der Waals surface area contributed by atoms with Gasteiger partial charge < -0.3 is 10.2 Å². The maximum Gasteiger partial charge on any atom is 0.378 e. The van der Waals surface area contributed by atoms with Crippen LogP contribution in [0.2, 0.25) is 0 Å². The molecule has 0 heterocycles. The molecular formula is C9H7F3O3. The van der Waals surface area contributed by atoms with E-state index in [9.17, 15) is 18.0 Å². The van der Waals surface area contributed by atoms with Gasteiger partial charge in [0.1, 0.15) is 5.75 Å². The van der Waals surface area contributed by atoms with Crippen LogP contribution in [0.3, 0.4) is 0 Å². The van der Waals surface area contributed by atoms with Crippen molar-refractivity contribution in [3.05, 3.63) is 29.8 Å². The Hall–Kier alpha value is -1.72. The van der Waals surface area contributed by atoms with Gasteiger partial charge in [-0.05, 0) is 6.07 Å². The van der Waals surface area contributed by atoms with E-state index in [0.29, 0.717) is 0 Å². The summed E-state index contributed by atoms with van der Waals surface area (Å²) in [5.74, 6) is -7.83. The van der Waals surface area contributed by atoms with Crippen LogP contribution in [0.1, 0.15) is 11.7 Å². The molecule has 1 atom stereocenters. The van der Waals surface area contributed by atoms with Gasteiger partial charge in [0.25, 0.3) is 0 Å². The van der Waals surface area contributed by atoms with Crippen LogP contribution in [0.4, 0.5) is 13.2 Å². The number of para-hydroxylation sites is 1. The summed E-state index contributed by atoms with van der Waals surface area (Å²) in [6, 6.07) is 4.43. The summed E-state index contributed by atoms with van der Waals surface area (Å²) in [4.78, 5) is 10.1. The van der Waals surface area contributed by atoms with Gasteiger partial charge in [-0.15, -0.1) is 0 Å². The molecule has 15 heavy (non-hydrogen) atoms. The van der Waals surface area contributed by atoms with Crippen molar-refractivity contribution < 1.29 is 28.2 Å². The maximum absolute atomic E-state index is 13.1. The summed E-state index contributed by atoms with van der Waals surface area (Å²) >= 11 is 0. The molecule has 1 rings (SSSR count). The standard InChI is InChI=1S/C9H7F3O3/c10-7(9(11,12)8(14)15)5-3-1-2-4-6(5)13/h1-4,7,13H,(H,14,15). The lowest BCUT2D eigenvalue weighted by Gasteiger charge is -2.17. The molecule has 0 saturated heterocycles. The lowest BCUT2D eigenvalue weighted by atomic mass is 10.0. The average molecular weight is 220 g/mol. The molecule has 0 bridgehead atoms. The maximum atomic E-state index is 13.1. The van der Waals surface area contributed by atoms with E-state index in [1.165, 1.54) is 12.1 Å². The molecule has 0 aliphatic carbocycles. The highest BCUT2D eigenvalue weighted by molar-refractivity contribution is 5.76. The highest BCUT2D eigenvalue weighted by Crippen LogP contribution is 2.38. The quantitative estimate of drug-likeness (QED) is 0.820. The SMILES string of the molecule is O=C(O)C(F)(F)C(F)c1ccccc1O. The minimum Gasteiger partial charge on any atom is -0.508 e. The van der Waals surface area contributed by atoms with Crippen LogP contribution >= 0.6 is 0 Å². The van der Waals surface area contributed by atoms with Crippen molar-refractivity contribution in [3.63, 3.8) is 0 Å². The van der Waals surface area contributed by atoms with E-state index in [1.807, 2.05) is 0 Å². The Kier molecular flexibility index (Phi) is 2.88. The zero-order valence-electron chi connectivity index (χ0n) is 7.32. The highest BCUT2D eigenvalue weighted by atomic mass is 19.3. The van der Waals surface area contributed by atoms with E-state index < -0.39 is 29.4 Å². The van der Waals surface area contributed by atoms with Gasteiger partial charge in [0, 0.05) is 5.56 Å². The van der Waals surface area contributed by atoms with Gasteiger partial charge >= 0.3 is 11.9 Å². The fraction of sp³-hybridized carbons (Fsp3) is 0.222. The molecule has 0 aliphatic heterocycles. The molecule has 1 aromatic carbocycles. The number of carboxylic acids is 1. The lowest BCUT2D eigenvalue weighted by molar-refractivity contribution is -0.175. The second-order valence-corrected chi connectivity index (χ2v) is 2.85. The van der Waals surface area contributed by atoms with E-state index >= 15 is 0 Å². The van der Waals surface area contributed by atoms with Crippen molar-refractivity contribution in [2.45, 2.75) is 12.1 Å². The summed E-state index contributed by atoms with van der Waals surface area (Å²) < 4.78 is 38.6. The number of aromatic hydroxyl groups is 1. The Morgan fingerprint density at radius 2 is 1.87 bits per heavy atom. The van der Waals surface area contributed by atoms with E-state index in [4.69, 9.17) is 10.2 Å². The number of benzene rings is 1. The van der Waals surface area contributed by atoms with E-state index in [1.54, 1.807) is 0 Å². The van der Waals surface area contributed by atoms with Crippen LogP contribution in [0, 0.1) is 0 Å². The highest BCUT2D eigenvalue weighted by Gasteiger charge is 2.50. The van der Waals surface area contributed by atoms with Gasteiger partial charge in [0.2, 0.25) is 6.17 Å². The first-order valence-corrected chi connectivity index (χ1v) is 3.90. The third-order valence-corrected chi connectivity index (χ3v) is 1.81. The zero-order valence-corrected chi connectivity index (χ0v) is 7.32. The van der Waals surface area contributed by atoms with Crippen LogP contribution < -0.4 is 0 Å². The van der Waals surface area contributed by atoms with Gasteiger partial charge in [-0.3, -0.25) is 0 Å². The molecule has 2 N–H and O–H groups in total. The molecule has 0 aromatic heterocycles. The Balaban J connectivity index is 3.10. The molecule has 82 valence electrons. The van der Waals surface area contributed by atoms with Crippen molar-refractivity contribution in [1.29, 1.82) is 0 Å². The third kappa shape index (κ3) is 2.03. The molecule has 0 amide bonds. The molecular weight excluding hydrogens is 213 g/mol. The molecule has 0 aliphatic rings. The number of carbonyl (C=O) groups is 1. The van der Waals surface area contributed by atoms with Crippen molar-refractivity contribution in [1.82, 2.24) is 0 Å². The predicted octanol–water partition coefficient (Wildman–Crippen LogP) is 2.12. The predicted molar refractivity (Wildman–Crippen MR) is 44.5 cm³/mol. The molecule has 1 aromatic rings. The molecule has 0 fully saturated rings. The number of carboxylic acid groups (broad SMARTS) is 1. The topological polar surface area (TPSA) is 57.5 Å². The second kappa shape index (κ2) is 3.80. The van der Waals surface area contributed by atoms with Gasteiger partial charge in [-0.2, -0.15) is 8.78 Å². The summed E-state index contributed by atoms with van der Waals surface area (Å²) in [7, 11) is 0. The first-order chi connectivity index (χ1) is 6.87. The summed E-state index contributed by atoms with van der Waals surface area (Å²) in [6.45, 7) is 0. The number of aliphatic carboxylic acids is 1. The minimum atomic E-state index is -4.56. The summed E-state index contributed by atoms with van der Waals surface area (Å²) in [6.07, 6.45) is -3.07. The van der Waals surface area contributed by atoms with Crippen LogP contribution in [0.15, 0.2) is 24.3 Å². The zero-order chi connectivity index (χ0) is 11.6. The fourth-order valence-electron chi connectivity index (χ4n) is 1.01. The fourth-order valence-corrected chi connectivity index (χ4v) is 1.01. The summed E-state index contributed by atoms with van der Waals surface area (Å²) in [5, 5.41) is 17.2. The van der Waals surface area contributed by atoms with E-state index in [0.717, 1.165) is 12.1 Å². The van der Waals surface area contributed by atoms with Crippen molar-refractivity contribution in [3.8, 4) is 5.75 Å². The number of rotatable bonds is 3. The normalized spacial score (nSPS) is 13.5. The number of phenolic OH excluding ortho intramolecular Hbond substituents is 1. The number of phenols is 1. The smallest absolute Gasteiger partial charge is 0.378 e. The average Bonchev–Trinajstić information content (AvgIpc) is 2.17. The molecule has 3 nitrogen and oxygen atoms in total. The van der Waals surface area contributed by atoms with Crippen molar-refractivity contribution in [2.75, 3.05) is 0 Å². The largest absolute Gasteiger partial charge is 0.508 e. The minimum absolute atomic E-state index is 0.703. The third-order valence-electron chi connectivity index (χ3n) is 1.81. The van der Waals surface area contributed by atoms with Crippen LogP contribution in [0.25, 0.3) is 0 Å². The Labute approximate surface area is 82.8 Å². The monoisotopic (exact) mass is 220 g/mol.